The van der Waals surface area contributed by atoms with Crippen molar-refractivity contribution in [2.45, 2.75) is 64.8 Å². The first-order valence-electron chi connectivity index (χ1n) is 9.44. The van der Waals surface area contributed by atoms with Crippen molar-refractivity contribution in [3.8, 4) is 0 Å². The lowest BCUT2D eigenvalue weighted by Gasteiger charge is -2.31. The van der Waals surface area contributed by atoms with Gasteiger partial charge < -0.3 is 9.64 Å². The van der Waals surface area contributed by atoms with Crippen LogP contribution in [0.1, 0.15) is 56.6 Å². The first-order valence-corrected chi connectivity index (χ1v) is 9.44. The Labute approximate surface area is 151 Å². The normalized spacial score (nSPS) is 15.8. The number of rotatable bonds is 8. The molecule has 0 bridgehead atoms. The van der Waals surface area contributed by atoms with E-state index in [9.17, 15) is 9.59 Å². The predicted octanol–water partition coefficient (Wildman–Crippen LogP) is 3.90. The van der Waals surface area contributed by atoms with Crippen LogP contribution in [-0.4, -0.2) is 36.5 Å². The van der Waals surface area contributed by atoms with Crippen molar-refractivity contribution in [2.24, 2.45) is 5.92 Å². The number of hydrogen-bond donors (Lipinski definition) is 0. The summed E-state index contributed by atoms with van der Waals surface area (Å²) in [5.41, 5.74) is 2.53. The molecular formula is C21H31NO3. The second-order valence-electron chi connectivity index (χ2n) is 7.25. The lowest BCUT2D eigenvalue weighted by Crippen LogP contribution is -2.43. The van der Waals surface area contributed by atoms with Crippen molar-refractivity contribution < 1.29 is 14.3 Å². The van der Waals surface area contributed by atoms with Gasteiger partial charge in [0.25, 0.3) is 0 Å². The lowest BCUT2D eigenvalue weighted by molar-refractivity contribution is -0.147. The zero-order valence-electron chi connectivity index (χ0n) is 15.8. The Hall–Kier alpha value is -1.84. The molecule has 138 valence electrons. The van der Waals surface area contributed by atoms with Crippen molar-refractivity contribution in [1.82, 2.24) is 4.90 Å². The Bertz CT molecular complexity index is 561. The van der Waals surface area contributed by atoms with Crippen LogP contribution in [0, 0.1) is 12.8 Å². The molecule has 4 heteroatoms. The van der Waals surface area contributed by atoms with Gasteiger partial charge in [0, 0.05) is 19.0 Å². The minimum Gasteiger partial charge on any atom is -0.469 e. The molecule has 1 fully saturated rings. The van der Waals surface area contributed by atoms with Crippen LogP contribution in [0.4, 0.5) is 0 Å². The van der Waals surface area contributed by atoms with Crippen LogP contribution >= 0.6 is 0 Å². The van der Waals surface area contributed by atoms with E-state index in [-0.39, 0.29) is 17.8 Å². The zero-order chi connectivity index (χ0) is 18.2. The first-order chi connectivity index (χ1) is 12.0. The monoisotopic (exact) mass is 345 g/mol. The topological polar surface area (TPSA) is 46.6 Å². The number of aryl methyl sites for hydroxylation is 2. The fraction of sp³-hybridized carbons (Fsp3) is 0.619. The van der Waals surface area contributed by atoms with Gasteiger partial charge in [0.1, 0.15) is 0 Å². The summed E-state index contributed by atoms with van der Waals surface area (Å²) in [6.45, 7) is 4.39. The number of ether oxygens (including phenoxy) is 1. The quantitative estimate of drug-likeness (QED) is 0.671. The minimum atomic E-state index is -0.272. The van der Waals surface area contributed by atoms with Gasteiger partial charge in [0.2, 0.25) is 5.91 Å². The Morgan fingerprint density at radius 1 is 1.20 bits per heavy atom. The van der Waals surface area contributed by atoms with Crippen LogP contribution in [0.5, 0.6) is 0 Å². The van der Waals surface area contributed by atoms with Gasteiger partial charge in [-0.05, 0) is 38.2 Å². The number of methoxy groups -OCH3 is 1. The summed E-state index contributed by atoms with van der Waals surface area (Å²) in [5, 5.41) is 0. The van der Waals surface area contributed by atoms with Crippen LogP contribution in [0.2, 0.25) is 0 Å². The van der Waals surface area contributed by atoms with Crippen LogP contribution in [0.15, 0.2) is 24.3 Å². The van der Waals surface area contributed by atoms with E-state index in [1.54, 1.807) is 0 Å². The highest BCUT2D eigenvalue weighted by molar-refractivity contribution is 5.78. The third kappa shape index (κ3) is 5.87. The second-order valence-corrected chi connectivity index (χ2v) is 7.25. The molecule has 0 aromatic heterocycles. The van der Waals surface area contributed by atoms with E-state index in [1.165, 1.54) is 31.1 Å². The van der Waals surface area contributed by atoms with E-state index < -0.39 is 0 Å². The van der Waals surface area contributed by atoms with Crippen molar-refractivity contribution in [3.05, 3.63) is 35.4 Å². The molecule has 2 rings (SSSR count). The number of esters is 1. The van der Waals surface area contributed by atoms with E-state index >= 15 is 0 Å². The minimum absolute atomic E-state index is 0.176. The van der Waals surface area contributed by atoms with Gasteiger partial charge in [-0.2, -0.15) is 0 Å². The van der Waals surface area contributed by atoms with E-state index in [4.69, 9.17) is 4.74 Å². The number of benzene rings is 1. The van der Waals surface area contributed by atoms with E-state index in [2.05, 4.69) is 31.2 Å². The van der Waals surface area contributed by atoms with Gasteiger partial charge in [0.15, 0.2) is 0 Å². The number of hydrogen-bond acceptors (Lipinski definition) is 3. The third-order valence-corrected chi connectivity index (χ3v) is 5.14. The van der Waals surface area contributed by atoms with Gasteiger partial charge in [-0.25, -0.2) is 0 Å². The molecule has 1 saturated carbocycles. The lowest BCUT2D eigenvalue weighted by atomic mass is 10.0. The highest BCUT2D eigenvalue weighted by Crippen LogP contribution is 2.25. The molecule has 1 unspecified atom stereocenters. The van der Waals surface area contributed by atoms with E-state index in [0.29, 0.717) is 19.0 Å². The Morgan fingerprint density at radius 2 is 1.84 bits per heavy atom. The smallest absolute Gasteiger partial charge is 0.310 e. The first kappa shape index (κ1) is 19.5. The van der Waals surface area contributed by atoms with Gasteiger partial charge in [-0.1, -0.05) is 49.6 Å². The van der Waals surface area contributed by atoms with E-state index in [1.807, 2.05) is 11.8 Å². The molecule has 0 N–H and O–H groups in total. The van der Waals surface area contributed by atoms with Gasteiger partial charge >= 0.3 is 5.97 Å². The molecule has 1 aliphatic rings. The Balaban J connectivity index is 1.90. The highest BCUT2D eigenvalue weighted by Gasteiger charge is 2.29. The fourth-order valence-corrected chi connectivity index (χ4v) is 3.58. The number of nitrogens with zero attached hydrogens (tertiary/aromatic N) is 1. The van der Waals surface area contributed by atoms with Gasteiger partial charge in [-0.3, -0.25) is 9.59 Å². The van der Waals surface area contributed by atoms with Crippen molar-refractivity contribution in [3.63, 3.8) is 0 Å². The summed E-state index contributed by atoms with van der Waals surface area (Å²) >= 11 is 0. The molecular weight excluding hydrogens is 314 g/mol. The number of carbonyl (C=O) groups is 2. The maximum absolute atomic E-state index is 12.8. The molecule has 1 aromatic carbocycles. The zero-order valence-corrected chi connectivity index (χ0v) is 15.8. The third-order valence-electron chi connectivity index (χ3n) is 5.14. The molecule has 1 atom stereocenters. The van der Waals surface area contributed by atoms with Crippen LogP contribution in [-0.2, 0) is 20.7 Å². The number of carbonyl (C=O) groups excluding carboxylic acids is 2. The van der Waals surface area contributed by atoms with Crippen molar-refractivity contribution in [1.29, 1.82) is 0 Å². The van der Waals surface area contributed by atoms with Crippen molar-refractivity contribution in [2.75, 3.05) is 13.7 Å². The molecule has 4 nitrogen and oxygen atoms in total. The molecule has 0 saturated heterocycles. The predicted molar refractivity (Wildman–Crippen MR) is 99.3 cm³/mol. The largest absolute Gasteiger partial charge is 0.469 e. The molecule has 0 spiro atoms. The Kier molecular flexibility index (Phi) is 7.48. The standard InChI is InChI=1S/C21H31NO3/c1-16-11-13-18(14-12-16)7-6-10-20(23)22(19-8-4-5-9-19)15-17(2)21(24)25-3/h11-14,17,19H,4-10,15H2,1-3H3. The molecule has 1 amide bonds. The van der Waals surface area contributed by atoms with Crippen LogP contribution in [0.3, 0.4) is 0 Å². The summed E-state index contributed by atoms with van der Waals surface area (Å²) in [7, 11) is 1.40. The van der Waals surface area contributed by atoms with Crippen molar-refractivity contribution >= 4 is 11.9 Å². The maximum atomic E-state index is 12.8. The van der Waals surface area contributed by atoms with E-state index in [0.717, 1.165) is 25.7 Å². The Morgan fingerprint density at radius 3 is 2.44 bits per heavy atom. The summed E-state index contributed by atoms with van der Waals surface area (Å²) < 4.78 is 4.83. The fourth-order valence-electron chi connectivity index (χ4n) is 3.58. The summed E-state index contributed by atoms with van der Waals surface area (Å²) in [6, 6.07) is 8.78. The molecule has 0 heterocycles. The average molecular weight is 345 g/mol. The SMILES string of the molecule is COC(=O)C(C)CN(C(=O)CCCc1ccc(C)cc1)C1CCCC1. The second kappa shape index (κ2) is 9.59. The highest BCUT2D eigenvalue weighted by atomic mass is 16.5. The molecule has 1 aliphatic carbocycles. The molecule has 1 aromatic rings. The summed E-state index contributed by atoms with van der Waals surface area (Å²) in [4.78, 5) is 26.5. The van der Waals surface area contributed by atoms with Crippen LogP contribution in [0.25, 0.3) is 0 Å². The van der Waals surface area contributed by atoms with Gasteiger partial charge in [-0.15, -0.1) is 0 Å². The molecule has 0 aliphatic heterocycles. The maximum Gasteiger partial charge on any atom is 0.310 e. The molecule has 0 radical (unpaired) electrons. The summed E-state index contributed by atoms with van der Waals surface area (Å²) in [5.74, 6) is -0.336. The molecule has 25 heavy (non-hydrogen) atoms. The average Bonchev–Trinajstić information content (AvgIpc) is 3.14. The summed E-state index contributed by atoms with van der Waals surface area (Å²) in [6.07, 6.45) is 6.75. The number of amides is 1. The van der Waals surface area contributed by atoms with Gasteiger partial charge in [0.05, 0.1) is 13.0 Å². The van der Waals surface area contributed by atoms with Crippen LogP contribution < -0.4 is 0 Å².